The van der Waals surface area contributed by atoms with Crippen molar-refractivity contribution in [1.82, 2.24) is 19.0 Å². The van der Waals surface area contributed by atoms with Gasteiger partial charge in [0, 0.05) is 36.8 Å². The largest absolute Gasteiger partial charge is 0.436 e. The number of rotatable bonds is 4. The number of halogens is 5. The maximum atomic E-state index is 13.0. The molecule has 1 aromatic carbocycles. The van der Waals surface area contributed by atoms with Crippen molar-refractivity contribution in [3.05, 3.63) is 57.5 Å². The van der Waals surface area contributed by atoms with Crippen molar-refractivity contribution in [2.24, 2.45) is 5.92 Å². The highest BCUT2D eigenvalue weighted by Crippen LogP contribution is 2.36. The van der Waals surface area contributed by atoms with E-state index in [9.17, 15) is 26.4 Å². The van der Waals surface area contributed by atoms with Crippen LogP contribution in [0.4, 0.5) is 13.2 Å². The molecular weight excluding hydrogens is 492 g/mol. The molecule has 0 aliphatic carbocycles. The second-order valence-corrected chi connectivity index (χ2v) is 10.3. The van der Waals surface area contributed by atoms with E-state index in [1.54, 1.807) is 0 Å². The minimum atomic E-state index is -4.72. The summed E-state index contributed by atoms with van der Waals surface area (Å²) in [5, 5.41) is 3.34. The fraction of sp³-hybridized carbons (Fsp3) is 0.368. The van der Waals surface area contributed by atoms with Crippen LogP contribution in [0.1, 0.15) is 11.4 Å². The van der Waals surface area contributed by atoms with E-state index in [2.05, 4.69) is 5.10 Å². The van der Waals surface area contributed by atoms with Crippen LogP contribution in [-0.4, -0.2) is 52.9 Å². The zero-order chi connectivity index (χ0) is 23.4. The van der Waals surface area contributed by atoms with Gasteiger partial charge in [-0.25, -0.2) is 8.42 Å². The van der Waals surface area contributed by atoms with Crippen LogP contribution in [0, 0.1) is 12.8 Å². The molecule has 0 spiro atoms. The number of likely N-dealkylation sites (tertiary alicyclic amines) is 1. The van der Waals surface area contributed by atoms with Gasteiger partial charge in [0.2, 0.25) is 5.91 Å². The highest BCUT2D eigenvalue weighted by molar-refractivity contribution is 7.89. The van der Waals surface area contributed by atoms with E-state index in [-0.39, 0.29) is 36.1 Å². The molecule has 1 saturated heterocycles. The molecule has 1 unspecified atom stereocenters. The molecule has 1 fully saturated rings. The van der Waals surface area contributed by atoms with Gasteiger partial charge in [-0.05, 0) is 36.8 Å². The van der Waals surface area contributed by atoms with Gasteiger partial charge >= 0.3 is 6.18 Å². The first kappa shape index (κ1) is 22.9. The normalized spacial score (nSPS) is 18.8. The molecule has 172 valence electrons. The lowest BCUT2D eigenvalue weighted by Crippen LogP contribution is -2.35. The lowest BCUT2D eigenvalue weighted by atomic mass is 10.1. The molecule has 7 nitrogen and oxygen atoms in total. The van der Waals surface area contributed by atoms with Crippen molar-refractivity contribution in [3.63, 3.8) is 0 Å². The molecule has 2 aromatic rings. The number of sulfonamides is 1. The molecule has 0 bridgehead atoms. The van der Waals surface area contributed by atoms with Gasteiger partial charge in [0.05, 0.1) is 15.6 Å². The lowest BCUT2D eigenvalue weighted by molar-refractivity contribution is -0.142. The van der Waals surface area contributed by atoms with Crippen molar-refractivity contribution in [3.8, 4) is 0 Å². The second-order valence-electron chi connectivity index (χ2n) is 7.61. The maximum Gasteiger partial charge on any atom is 0.436 e. The molecule has 1 atom stereocenters. The summed E-state index contributed by atoms with van der Waals surface area (Å²) in [6, 6.07) is 5.83. The van der Waals surface area contributed by atoms with E-state index in [0.717, 1.165) is 10.3 Å². The van der Waals surface area contributed by atoms with Crippen molar-refractivity contribution in [1.29, 1.82) is 0 Å². The average Bonchev–Trinajstić information content (AvgIpc) is 3.36. The second kappa shape index (κ2) is 7.96. The van der Waals surface area contributed by atoms with Crippen molar-refractivity contribution in [2.45, 2.75) is 24.5 Å². The van der Waals surface area contributed by atoms with Gasteiger partial charge in [-0.15, -0.1) is 0 Å². The smallest absolute Gasteiger partial charge is 0.336 e. The van der Waals surface area contributed by atoms with Gasteiger partial charge in [-0.2, -0.15) is 18.3 Å². The van der Waals surface area contributed by atoms with Crippen LogP contribution in [0.15, 0.2) is 40.9 Å². The van der Waals surface area contributed by atoms with Crippen LogP contribution < -0.4 is 0 Å². The van der Waals surface area contributed by atoms with E-state index in [4.69, 9.17) is 23.2 Å². The Balaban J connectivity index is 1.46. The van der Waals surface area contributed by atoms with Crippen molar-refractivity contribution in [2.75, 3.05) is 19.6 Å². The number of alkyl halides is 3. The average molecular weight is 509 g/mol. The maximum absolute atomic E-state index is 13.0. The Bertz CT molecular complexity index is 1210. The van der Waals surface area contributed by atoms with Crippen LogP contribution in [0.3, 0.4) is 0 Å². The van der Waals surface area contributed by atoms with Gasteiger partial charge < -0.3 is 4.90 Å². The number of carbonyl (C=O) groups excluding carboxylic acids is 1. The SMILES string of the molecule is Cc1c(Cl)c(C(F)(F)F)nn1CC(=O)N1CC2=CN(S(=O)(=O)c3ccc(Cl)cc3)CC2C1. The first-order chi connectivity index (χ1) is 14.9. The van der Waals surface area contributed by atoms with E-state index < -0.39 is 39.4 Å². The molecule has 0 N–H and O–H groups in total. The molecule has 4 rings (SSSR count). The number of carbonyl (C=O) groups is 1. The number of hydrogen-bond acceptors (Lipinski definition) is 4. The van der Waals surface area contributed by atoms with Crippen LogP contribution in [0.2, 0.25) is 10.0 Å². The van der Waals surface area contributed by atoms with Crippen LogP contribution in [0.25, 0.3) is 0 Å². The third-order valence-corrected chi connectivity index (χ3v) is 7.95. The standard InChI is InChI=1S/C19H17Cl2F3N4O3S/c1-11-17(21)18(19(22,23)24)25-28(11)10-16(29)26-6-12-8-27(9-13(12)7-26)32(30,31)15-4-2-14(20)3-5-15/h2-5,8,13H,6-7,9-10H2,1H3. The monoisotopic (exact) mass is 508 g/mol. The summed E-state index contributed by atoms with van der Waals surface area (Å²) in [5.41, 5.74) is -0.415. The van der Waals surface area contributed by atoms with Crippen molar-refractivity contribution < 1.29 is 26.4 Å². The number of aromatic nitrogens is 2. The van der Waals surface area contributed by atoms with Gasteiger partial charge in [0.1, 0.15) is 6.54 Å². The fourth-order valence-electron chi connectivity index (χ4n) is 3.76. The lowest BCUT2D eigenvalue weighted by Gasteiger charge is -2.21. The molecule has 2 aliphatic rings. The highest BCUT2D eigenvalue weighted by Gasteiger charge is 2.41. The van der Waals surface area contributed by atoms with Crippen LogP contribution >= 0.6 is 23.2 Å². The molecular formula is C19H17Cl2F3N4O3S. The molecule has 0 saturated carbocycles. The number of fused-ring (bicyclic) bond motifs is 1. The highest BCUT2D eigenvalue weighted by atomic mass is 35.5. The van der Waals surface area contributed by atoms with E-state index in [1.165, 1.54) is 46.6 Å². The third kappa shape index (κ3) is 4.08. The van der Waals surface area contributed by atoms with Crippen LogP contribution in [0.5, 0.6) is 0 Å². The van der Waals surface area contributed by atoms with E-state index >= 15 is 0 Å². The number of benzene rings is 1. The summed E-state index contributed by atoms with van der Waals surface area (Å²) < 4.78 is 66.8. The van der Waals surface area contributed by atoms with Crippen molar-refractivity contribution >= 4 is 39.1 Å². The predicted molar refractivity (Wildman–Crippen MR) is 110 cm³/mol. The summed E-state index contributed by atoms with van der Waals surface area (Å²) in [6.45, 7) is 1.59. The molecule has 2 aliphatic heterocycles. The predicted octanol–water partition coefficient (Wildman–Crippen LogP) is 3.56. The first-order valence-electron chi connectivity index (χ1n) is 9.44. The Morgan fingerprint density at radius 2 is 1.84 bits per heavy atom. The Labute approximate surface area is 192 Å². The Morgan fingerprint density at radius 1 is 1.19 bits per heavy atom. The zero-order valence-electron chi connectivity index (χ0n) is 16.6. The molecule has 1 aromatic heterocycles. The molecule has 32 heavy (non-hydrogen) atoms. The summed E-state index contributed by atoms with van der Waals surface area (Å²) in [7, 11) is -3.75. The summed E-state index contributed by atoms with van der Waals surface area (Å²) in [4.78, 5) is 14.3. The molecule has 0 radical (unpaired) electrons. The first-order valence-corrected chi connectivity index (χ1v) is 11.6. The number of amides is 1. The molecule has 1 amide bonds. The Hall–Kier alpha value is -2.24. The minimum Gasteiger partial charge on any atom is -0.336 e. The number of nitrogens with zero attached hydrogens (tertiary/aromatic N) is 4. The molecule has 3 heterocycles. The van der Waals surface area contributed by atoms with Gasteiger partial charge in [-0.3, -0.25) is 13.8 Å². The van der Waals surface area contributed by atoms with Crippen LogP contribution in [-0.2, 0) is 27.5 Å². The Kier molecular flexibility index (Phi) is 5.71. The minimum absolute atomic E-state index is 0.0474. The number of hydrogen-bond donors (Lipinski definition) is 0. The van der Waals surface area contributed by atoms with E-state index in [1.807, 2.05) is 0 Å². The van der Waals surface area contributed by atoms with E-state index in [0.29, 0.717) is 5.02 Å². The van der Waals surface area contributed by atoms with Gasteiger partial charge in [0.15, 0.2) is 5.69 Å². The quantitative estimate of drug-likeness (QED) is 0.632. The third-order valence-electron chi connectivity index (χ3n) is 5.51. The summed E-state index contributed by atoms with van der Waals surface area (Å²) in [6.07, 6.45) is -3.20. The van der Waals surface area contributed by atoms with Gasteiger partial charge in [0.25, 0.3) is 10.0 Å². The zero-order valence-corrected chi connectivity index (χ0v) is 18.9. The van der Waals surface area contributed by atoms with Gasteiger partial charge in [-0.1, -0.05) is 23.2 Å². The fourth-order valence-corrected chi connectivity index (χ4v) is 5.53. The topological polar surface area (TPSA) is 75.5 Å². The molecule has 13 heteroatoms. The Morgan fingerprint density at radius 3 is 2.41 bits per heavy atom. The summed E-state index contributed by atoms with van der Waals surface area (Å²) >= 11 is 11.5. The summed E-state index contributed by atoms with van der Waals surface area (Å²) in [5.74, 6) is -0.613.